The predicted molar refractivity (Wildman–Crippen MR) is 100 cm³/mol. The highest BCUT2D eigenvalue weighted by molar-refractivity contribution is 7.89. The fourth-order valence-electron chi connectivity index (χ4n) is 3.54. The Kier molecular flexibility index (Phi) is 4.52. The lowest BCUT2D eigenvalue weighted by molar-refractivity contribution is 0.101. The molecule has 1 saturated carbocycles. The summed E-state index contributed by atoms with van der Waals surface area (Å²) in [5.74, 6) is 0. The molecule has 1 aliphatic rings. The highest BCUT2D eigenvalue weighted by Crippen LogP contribution is 2.28. The van der Waals surface area contributed by atoms with Crippen LogP contribution < -0.4 is 4.72 Å². The Balaban J connectivity index is 1.60. The molecule has 1 aromatic carbocycles. The molecule has 26 heavy (non-hydrogen) atoms. The number of nitrogens with one attached hydrogen (secondary N) is 2. The number of aromatic nitrogens is 2. The van der Waals surface area contributed by atoms with Crippen molar-refractivity contribution in [1.82, 2.24) is 14.7 Å². The molecular weight excluding hydrogens is 350 g/mol. The first kappa shape index (κ1) is 17.2. The zero-order valence-corrected chi connectivity index (χ0v) is 15.0. The number of nitrogens with zero attached hydrogens (tertiary/aromatic N) is 1. The van der Waals surface area contributed by atoms with E-state index < -0.39 is 22.2 Å². The van der Waals surface area contributed by atoms with Gasteiger partial charge in [0, 0.05) is 23.8 Å². The Morgan fingerprint density at radius 3 is 2.62 bits per heavy atom. The number of hydrogen-bond donors (Lipinski definition) is 3. The van der Waals surface area contributed by atoms with Gasteiger partial charge >= 0.3 is 0 Å². The fraction of sp³-hybridized carbons (Fsp3) is 0.316. The van der Waals surface area contributed by atoms with Crippen molar-refractivity contribution in [2.45, 2.75) is 42.7 Å². The number of aliphatic hydroxyl groups is 1. The molecule has 4 rings (SSSR count). The van der Waals surface area contributed by atoms with E-state index in [9.17, 15) is 13.5 Å². The molecular formula is C19H21N3O3S. The van der Waals surface area contributed by atoms with Crippen LogP contribution in [0.15, 0.2) is 53.7 Å². The number of fused-ring (bicyclic) bond motifs is 1. The smallest absolute Gasteiger partial charge is 0.240 e. The van der Waals surface area contributed by atoms with Gasteiger partial charge in [0.15, 0.2) is 0 Å². The lowest BCUT2D eigenvalue weighted by Gasteiger charge is -2.28. The number of hydrogen-bond acceptors (Lipinski definition) is 4. The Bertz CT molecular complexity index is 1010. The van der Waals surface area contributed by atoms with Gasteiger partial charge in [0.2, 0.25) is 10.0 Å². The lowest BCUT2D eigenvalue weighted by atomic mass is 9.93. The molecule has 2 aromatic heterocycles. The summed E-state index contributed by atoms with van der Waals surface area (Å²) in [6.07, 6.45) is 6.12. The molecule has 7 heteroatoms. The van der Waals surface area contributed by atoms with Crippen molar-refractivity contribution in [1.29, 1.82) is 0 Å². The third kappa shape index (κ3) is 3.25. The molecule has 2 atom stereocenters. The normalized spacial score (nSPS) is 21.1. The van der Waals surface area contributed by atoms with Crippen molar-refractivity contribution < 1.29 is 13.5 Å². The van der Waals surface area contributed by atoms with E-state index in [-0.39, 0.29) is 4.90 Å². The second-order valence-electron chi connectivity index (χ2n) is 6.70. The lowest BCUT2D eigenvalue weighted by Crippen LogP contribution is -2.44. The van der Waals surface area contributed by atoms with E-state index >= 15 is 0 Å². The molecule has 0 aliphatic heterocycles. The average Bonchev–Trinajstić information content (AvgIpc) is 3.12. The van der Waals surface area contributed by atoms with Crippen molar-refractivity contribution in [3.05, 3.63) is 48.8 Å². The molecule has 0 radical (unpaired) electrons. The van der Waals surface area contributed by atoms with E-state index in [1.165, 1.54) is 0 Å². The highest BCUT2D eigenvalue weighted by atomic mass is 32.2. The molecule has 1 fully saturated rings. The standard InChI is InChI=1S/C19H21N3O3S/c23-18-4-2-1-3-17(18)22-26(24,25)14-7-5-13(6-8-14)15-9-11-20-19-16(15)10-12-21-19/h5-12,17-18,22-23H,1-4H2,(H,20,21)/t17-,18+/m0/s1. The maximum atomic E-state index is 12.6. The fourth-order valence-corrected chi connectivity index (χ4v) is 4.85. The Labute approximate surface area is 152 Å². The molecule has 3 aromatic rings. The number of sulfonamides is 1. The summed E-state index contributed by atoms with van der Waals surface area (Å²) in [4.78, 5) is 7.55. The van der Waals surface area contributed by atoms with Crippen molar-refractivity contribution in [2.75, 3.05) is 0 Å². The number of H-pyrrole nitrogens is 1. The first-order chi connectivity index (χ1) is 12.5. The van der Waals surface area contributed by atoms with Crippen LogP contribution >= 0.6 is 0 Å². The number of benzene rings is 1. The van der Waals surface area contributed by atoms with E-state index in [1.54, 1.807) is 30.5 Å². The molecule has 2 heterocycles. The van der Waals surface area contributed by atoms with Gasteiger partial charge < -0.3 is 10.1 Å². The first-order valence-electron chi connectivity index (χ1n) is 8.77. The molecule has 0 saturated heterocycles. The van der Waals surface area contributed by atoms with Crippen LogP contribution in [0.4, 0.5) is 0 Å². The molecule has 0 spiro atoms. The van der Waals surface area contributed by atoms with Gasteiger partial charge in [-0.1, -0.05) is 25.0 Å². The van der Waals surface area contributed by atoms with Crippen molar-refractivity contribution in [3.8, 4) is 11.1 Å². The number of pyridine rings is 1. The van der Waals surface area contributed by atoms with Gasteiger partial charge in [-0.2, -0.15) is 0 Å². The van der Waals surface area contributed by atoms with Gasteiger partial charge in [-0.25, -0.2) is 18.1 Å². The van der Waals surface area contributed by atoms with Gasteiger partial charge in [0.25, 0.3) is 0 Å². The van der Waals surface area contributed by atoms with Crippen LogP contribution in [-0.4, -0.2) is 35.6 Å². The third-order valence-corrected chi connectivity index (χ3v) is 6.48. The number of aliphatic hydroxyl groups excluding tert-OH is 1. The van der Waals surface area contributed by atoms with Gasteiger partial charge in [0.05, 0.1) is 11.0 Å². The minimum absolute atomic E-state index is 0.207. The Hall–Kier alpha value is -2.22. The Morgan fingerprint density at radius 2 is 1.85 bits per heavy atom. The first-order valence-corrected chi connectivity index (χ1v) is 10.3. The minimum atomic E-state index is -3.65. The Morgan fingerprint density at radius 1 is 1.08 bits per heavy atom. The molecule has 0 bridgehead atoms. The van der Waals surface area contributed by atoms with Crippen molar-refractivity contribution >= 4 is 21.1 Å². The summed E-state index contributed by atoms with van der Waals surface area (Å²) < 4.78 is 27.9. The zero-order chi connectivity index (χ0) is 18.1. The number of rotatable bonds is 4. The molecule has 3 N–H and O–H groups in total. The molecule has 136 valence electrons. The van der Waals surface area contributed by atoms with E-state index in [0.29, 0.717) is 12.8 Å². The maximum Gasteiger partial charge on any atom is 0.240 e. The largest absolute Gasteiger partial charge is 0.391 e. The summed E-state index contributed by atoms with van der Waals surface area (Å²) in [7, 11) is -3.65. The summed E-state index contributed by atoms with van der Waals surface area (Å²) in [6, 6.07) is 10.3. The van der Waals surface area contributed by atoms with Crippen LogP contribution in [0.1, 0.15) is 25.7 Å². The molecule has 6 nitrogen and oxygen atoms in total. The van der Waals surface area contributed by atoms with Crippen LogP contribution in [-0.2, 0) is 10.0 Å². The molecule has 0 amide bonds. The third-order valence-electron chi connectivity index (χ3n) is 4.97. The SMILES string of the molecule is O=S(=O)(N[C@H]1CCCC[C@H]1O)c1ccc(-c2ccnc3[nH]ccc23)cc1. The van der Waals surface area contributed by atoms with E-state index in [1.807, 2.05) is 18.3 Å². The van der Waals surface area contributed by atoms with Gasteiger partial charge in [-0.3, -0.25) is 0 Å². The van der Waals surface area contributed by atoms with Crippen LogP contribution in [0.25, 0.3) is 22.2 Å². The second kappa shape index (κ2) is 6.83. The minimum Gasteiger partial charge on any atom is -0.391 e. The van der Waals surface area contributed by atoms with Crippen molar-refractivity contribution in [2.24, 2.45) is 0 Å². The van der Waals surface area contributed by atoms with E-state index in [2.05, 4.69) is 14.7 Å². The van der Waals surface area contributed by atoms with Crippen molar-refractivity contribution in [3.63, 3.8) is 0 Å². The summed E-state index contributed by atoms with van der Waals surface area (Å²) >= 11 is 0. The van der Waals surface area contributed by atoms with E-state index in [0.717, 1.165) is 35.0 Å². The number of aromatic amines is 1. The maximum absolute atomic E-state index is 12.6. The summed E-state index contributed by atoms with van der Waals surface area (Å²) in [5.41, 5.74) is 2.72. The summed E-state index contributed by atoms with van der Waals surface area (Å²) in [6.45, 7) is 0. The zero-order valence-electron chi connectivity index (χ0n) is 14.2. The molecule has 1 aliphatic carbocycles. The van der Waals surface area contributed by atoms with Crippen LogP contribution in [0.2, 0.25) is 0 Å². The summed E-state index contributed by atoms with van der Waals surface area (Å²) in [5, 5.41) is 11.0. The van der Waals surface area contributed by atoms with Crippen LogP contribution in [0.5, 0.6) is 0 Å². The van der Waals surface area contributed by atoms with E-state index in [4.69, 9.17) is 0 Å². The van der Waals surface area contributed by atoms with Gasteiger partial charge in [0.1, 0.15) is 5.65 Å². The monoisotopic (exact) mass is 371 g/mol. The highest BCUT2D eigenvalue weighted by Gasteiger charge is 2.28. The topological polar surface area (TPSA) is 95.1 Å². The quantitative estimate of drug-likeness (QED) is 0.657. The average molecular weight is 371 g/mol. The predicted octanol–water partition coefficient (Wildman–Crippen LogP) is 2.81. The second-order valence-corrected chi connectivity index (χ2v) is 8.42. The van der Waals surface area contributed by atoms with Crippen LogP contribution in [0.3, 0.4) is 0 Å². The van der Waals surface area contributed by atoms with Crippen LogP contribution in [0, 0.1) is 0 Å². The van der Waals surface area contributed by atoms with Gasteiger partial charge in [-0.15, -0.1) is 0 Å². The molecule has 0 unspecified atom stereocenters. The van der Waals surface area contributed by atoms with Gasteiger partial charge in [-0.05, 0) is 48.2 Å².